The lowest BCUT2D eigenvalue weighted by Gasteiger charge is -2.16. The summed E-state index contributed by atoms with van der Waals surface area (Å²) < 4.78 is 22.0. The normalized spacial score (nSPS) is 13.9. The number of hydrogen-bond donors (Lipinski definition) is 0. The molecule has 0 unspecified atom stereocenters. The van der Waals surface area contributed by atoms with E-state index in [1.165, 1.54) is 35.7 Å². The van der Waals surface area contributed by atoms with Gasteiger partial charge < -0.3 is 9.30 Å². The summed E-state index contributed by atoms with van der Waals surface area (Å²) in [5.41, 5.74) is 6.40. The number of pyridine rings is 1. The second kappa shape index (κ2) is 8.38. The molecule has 156 valence electrons. The first-order valence-corrected chi connectivity index (χ1v) is 10.8. The molecule has 4 aromatic rings. The van der Waals surface area contributed by atoms with Crippen LogP contribution in [0.5, 0.6) is 5.75 Å². The van der Waals surface area contributed by atoms with E-state index in [0.29, 0.717) is 5.75 Å². The molecule has 0 N–H and O–H groups in total. The molecular formula is C27H25FN2O. The number of nitrogens with zero attached hydrogens (tertiary/aromatic N) is 2. The second-order valence-corrected chi connectivity index (χ2v) is 8.02. The minimum atomic E-state index is -0.278. The van der Waals surface area contributed by atoms with Crippen molar-refractivity contribution in [2.24, 2.45) is 0 Å². The van der Waals surface area contributed by atoms with E-state index in [9.17, 15) is 4.39 Å². The molecule has 0 saturated heterocycles. The molecule has 4 heteroatoms. The number of rotatable bonds is 5. The highest BCUT2D eigenvalue weighted by atomic mass is 19.1. The number of allylic oxidation sites excluding steroid dienone is 2. The van der Waals surface area contributed by atoms with Crippen LogP contribution in [0, 0.1) is 5.82 Å². The summed E-state index contributed by atoms with van der Waals surface area (Å²) in [6.45, 7) is 0.744. The number of ether oxygens (including phenoxy) is 1. The predicted octanol–water partition coefficient (Wildman–Crippen LogP) is 6.86. The van der Waals surface area contributed by atoms with Crippen molar-refractivity contribution < 1.29 is 9.13 Å². The maximum atomic E-state index is 14.1. The van der Waals surface area contributed by atoms with E-state index >= 15 is 0 Å². The fourth-order valence-electron chi connectivity index (χ4n) is 4.54. The van der Waals surface area contributed by atoms with Crippen molar-refractivity contribution >= 4 is 16.6 Å². The zero-order valence-corrected chi connectivity index (χ0v) is 17.6. The van der Waals surface area contributed by atoms with Crippen LogP contribution in [0.3, 0.4) is 0 Å². The first-order valence-electron chi connectivity index (χ1n) is 10.8. The van der Waals surface area contributed by atoms with E-state index in [1.807, 2.05) is 18.3 Å². The van der Waals surface area contributed by atoms with Crippen molar-refractivity contribution in [3.8, 4) is 16.9 Å². The smallest absolute Gasteiger partial charge is 0.141 e. The van der Waals surface area contributed by atoms with E-state index in [0.717, 1.165) is 41.5 Å². The van der Waals surface area contributed by atoms with E-state index in [1.54, 1.807) is 19.2 Å². The van der Waals surface area contributed by atoms with Gasteiger partial charge in [0, 0.05) is 29.4 Å². The summed E-state index contributed by atoms with van der Waals surface area (Å²) in [5, 5.41) is 1.02. The van der Waals surface area contributed by atoms with Gasteiger partial charge in [-0.25, -0.2) is 9.37 Å². The third-order valence-corrected chi connectivity index (χ3v) is 6.05. The maximum absolute atomic E-state index is 14.1. The fraction of sp³-hybridized carbons (Fsp3) is 0.222. The molecule has 2 aromatic heterocycles. The SMILES string of the molecule is COc1ccc(F)cc1-c1ccnc2c1cc(C1=CCCCC1)n2Cc1ccccc1. The highest BCUT2D eigenvalue weighted by Gasteiger charge is 2.19. The third kappa shape index (κ3) is 3.74. The Balaban J connectivity index is 1.74. The van der Waals surface area contributed by atoms with Gasteiger partial charge in [-0.05, 0) is 72.7 Å². The summed E-state index contributed by atoms with van der Waals surface area (Å²) >= 11 is 0. The molecule has 0 aliphatic heterocycles. The largest absolute Gasteiger partial charge is 0.496 e. The van der Waals surface area contributed by atoms with Gasteiger partial charge in [0.15, 0.2) is 0 Å². The van der Waals surface area contributed by atoms with Crippen LogP contribution in [0.2, 0.25) is 0 Å². The van der Waals surface area contributed by atoms with Gasteiger partial charge in [0.25, 0.3) is 0 Å². The van der Waals surface area contributed by atoms with Gasteiger partial charge in [-0.2, -0.15) is 0 Å². The zero-order valence-electron chi connectivity index (χ0n) is 17.6. The van der Waals surface area contributed by atoms with Crippen LogP contribution in [0.15, 0.2) is 72.9 Å². The minimum absolute atomic E-state index is 0.278. The van der Waals surface area contributed by atoms with Crippen LogP contribution < -0.4 is 4.74 Å². The van der Waals surface area contributed by atoms with Crippen LogP contribution in [-0.4, -0.2) is 16.7 Å². The molecule has 1 aliphatic carbocycles. The minimum Gasteiger partial charge on any atom is -0.496 e. The lowest BCUT2D eigenvalue weighted by Crippen LogP contribution is -2.06. The van der Waals surface area contributed by atoms with Crippen molar-refractivity contribution in [2.45, 2.75) is 32.2 Å². The average molecular weight is 413 g/mol. The Morgan fingerprint density at radius 2 is 1.87 bits per heavy atom. The summed E-state index contributed by atoms with van der Waals surface area (Å²) in [6, 6.07) is 19.3. The molecule has 31 heavy (non-hydrogen) atoms. The van der Waals surface area contributed by atoms with Gasteiger partial charge in [-0.1, -0.05) is 36.4 Å². The summed E-state index contributed by atoms with van der Waals surface area (Å²) in [4.78, 5) is 4.76. The first-order chi connectivity index (χ1) is 15.2. The fourth-order valence-corrected chi connectivity index (χ4v) is 4.54. The van der Waals surface area contributed by atoms with Crippen molar-refractivity contribution in [1.29, 1.82) is 0 Å². The molecule has 0 fully saturated rings. The van der Waals surface area contributed by atoms with Gasteiger partial charge in [0.05, 0.1) is 7.11 Å². The average Bonchev–Trinajstić information content (AvgIpc) is 3.19. The molecule has 5 rings (SSSR count). The van der Waals surface area contributed by atoms with Crippen LogP contribution >= 0.6 is 0 Å². The van der Waals surface area contributed by atoms with Crippen molar-refractivity contribution in [1.82, 2.24) is 9.55 Å². The Morgan fingerprint density at radius 3 is 2.65 bits per heavy atom. The van der Waals surface area contributed by atoms with Crippen LogP contribution in [0.25, 0.3) is 27.7 Å². The Bertz CT molecular complexity index is 1260. The standard InChI is InChI=1S/C27H25FN2O/c1-31-26-13-12-21(28)16-23(26)22-14-15-29-27-24(22)17-25(20-10-6-3-7-11-20)30(27)18-19-8-4-2-5-9-19/h2,4-5,8-10,12-17H,3,6-7,11,18H2,1H3. The number of fused-ring (bicyclic) bond motifs is 1. The predicted molar refractivity (Wildman–Crippen MR) is 124 cm³/mol. The number of hydrogen-bond acceptors (Lipinski definition) is 2. The molecule has 2 aromatic carbocycles. The number of methoxy groups -OCH3 is 1. The molecule has 0 saturated carbocycles. The molecule has 1 aliphatic rings. The Hall–Kier alpha value is -3.40. The Kier molecular flexibility index (Phi) is 5.29. The van der Waals surface area contributed by atoms with E-state index < -0.39 is 0 Å². The third-order valence-electron chi connectivity index (χ3n) is 6.05. The highest BCUT2D eigenvalue weighted by Crippen LogP contribution is 2.38. The molecule has 2 heterocycles. The van der Waals surface area contributed by atoms with Crippen LogP contribution in [-0.2, 0) is 6.54 Å². The highest BCUT2D eigenvalue weighted by molar-refractivity contribution is 5.97. The van der Waals surface area contributed by atoms with Gasteiger partial charge in [-0.3, -0.25) is 0 Å². The van der Waals surface area contributed by atoms with Gasteiger partial charge in [0.1, 0.15) is 17.2 Å². The van der Waals surface area contributed by atoms with Crippen molar-refractivity contribution in [3.63, 3.8) is 0 Å². The second-order valence-electron chi connectivity index (χ2n) is 8.02. The number of halogens is 1. The molecule has 3 nitrogen and oxygen atoms in total. The molecular weight excluding hydrogens is 387 g/mol. The lowest BCUT2D eigenvalue weighted by molar-refractivity contribution is 0.415. The Labute approximate surface area is 181 Å². The van der Waals surface area contributed by atoms with Crippen LogP contribution in [0.1, 0.15) is 36.9 Å². The van der Waals surface area contributed by atoms with Gasteiger partial charge in [-0.15, -0.1) is 0 Å². The quantitative estimate of drug-likeness (QED) is 0.358. The van der Waals surface area contributed by atoms with Crippen molar-refractivity contribution in [2.75, 3.05) is 7.11 Å². The molecule has 0 amide bonds. The number of benzene rings is 2. The summed E-state index contributed by atoms with van der Waals surface area (Å²) in [6.07, 6.45) is 8.80. The van der Waals surface area contributed by atoms with Crippen molar-refractivity contribution in [3.05, 3.63) is 90.0 Å². The van der Waals surface area contributed by atoms with Gasteiger partial charge >= 0.3 is 0 Å². The molecule has 0 spiro atoms. The summed E-state index contributed by atoms with van der Waals surface area (Å²) in [7, 11) is 1.62. The first kappa shape index (κ1) is 19.6. The summed E-state index contributed by atoms with van der Waals surface area (Å²) in [5.74, 6) is 0.378. The van der Waals surface area contributed by atoms with E-state index in [2.05, 4.69) is 41.0 Å². The van der Waals surface area contributed by atoms with Gasteiger partial charge in [0.2, 0.25) is 0 Å². The van der Waals surface area contributed by atoms with E-state index in [4.69, 9.17) is 9.72 Å². The topological polar surface area (TPSA) is 27.1 Å². The maximum Gasteiger partial charge on any atom is 0.141 e. The molecule has 0 bridgehead atoms. The monoisotopic (exact) mass is 412 g/mol. The molecule has 0 atom stereocenters. The Morgan fingerprint density at radius 1 is 1.00 bits per heavy atom. The lowest BCUT2D eigenvalue weighted by atomic mass is 9.96. The van der Waals surface area contributed by atoms with E-state index in [-0.39, 0.29) is 5.82 Å². The van der Waals surface area contributed by atoms with Crippen LogP contribution in [0.4, 0.5) is 4.39 Å². The molecule has 0 radical (unpaired) electrons. The zero-order chi connectivity index (χ0) is 21.2. The number of aromatic nitrogens is 2.